The fourth-order valence-electron chi connectivity index (χ4n) is 1.87. The van der Waals surface area contributed by atoms with Crippen LogP contribution in [0.15, 0.2) is 18.2 Å². The van der Waals surface area contributed by atoms with Gasteiger partial charge in [0.05, 0.1) is 13.2 Å². The highest BCUT2D eigenvalue weighted by atomic mass is 16.5. The van der Waals surface area contributed by atoms with Crippen molar-refractivity contribution in [2.75, 3.05) is 13.7 Å². The van der Waals surface area contributed by atoms with Crippen molar-refractivity contribution in [3.63, 3.8) is 0 Å². The van der Waals surface area contributed by atoms with Crippen LogP contribution in [-0.2, 0) is 0 Å². The Morgan fingerprint density at radius 3 is 2.65 bits per heavy atom. The van der Waals surface area contributed by atoms with Gasteiger partial charge in [0.15, 0.2) is 11.5 Å². The van der Waals surface area contributed by atoms with Crippen molar-refractivity contribution in [2.24, 2.45) is 0 Å². The Balaban J connectivity index is 2.19. The van der Waals surface area contributed by atoms with Crippen molar-refractivity contribution in [1.29, 1.82) is 0 Å². The van der Waals surface area contributed by atoms with Gasteiger partial charge in [0.2, 0.25) is 0 Å². The van der Waals surface area contributed by atoms with Crippen molar-refractivity contribution in [3.8, 4) is 11.5 Å². The number of aliphatic hydroxyl groups excluding tert-OH is 1. The molecule has 0 bridgehead atoms. The molecule has 0 aliphatic heterocycles. The lowest BCUT2D eigenvalue weighted by Gasteiger charge is -2.27. The van der Waals surface area contributed by atoms with Gasteiger partial charge in [0, 0.05) is 12.5 Å². The van der Waals surface area contributed by atoms with Crippen LogP contribution in [0.5, 0.6) is 11.5 Å². The maximum absolute atomic E-state index is 9.17. The predicted molar refractivity (Wildman–Crippen MR) is 66.8 cm³/mol. The largest absolute Gasteiger partial charge is 0.493 e. The van der Waals surface area contributed by atoms with Gasteiger partial charge in [-0.15, -0.1) is 0 Å². The molecule has 1 aliphatic carbocycles. The number of methoxy groups -OCH3 is 1. The topological polar surface area (TPSA) is 38.7 Å². The van der Waals surface area contributed by atoms with E-state index in [2.05, 4.69) is 0 Å². The summed E-state index contributed by atoms with van der Waals surface area (Å²) >= 11 is 0. The molecule has 0 spiro atoms. The van der Waals surface area contributed by atoms with E-state index in [1.165, 1.54) is 6.42 Å². The molecule has 0 heterocycles. The quantitative estimate of drug-likeness (QED) is 0.854. The van der Waals surface area contributed by atoms with E-state index in [1.807, 2.05) is 25.1 Å². The monoisotopic (exact) mass is 236 g/mol. The summed E-state index contributed by atoms with van der Waals surface area (Å²) < 4.78 is 11.2. The molecule has 1 saturated carbocycles. The Labute approximate surface area is 102 Å². The average molecular weight is 236 g/mol. The first-order valence-corrected chi connectivity index (χ1v) is 6.20. The highest BCUT2D eigenvalue weighted by Gasteiger charge is 2.21. The summed E-state index contributed by atoms with van der Waals surface area (Å²) in [6.45, 7) is 2.14. The number of aliphatic hydroxyl groups is 1. The van der Waals surface area contributed by atoms with Crippen LogP contribution in [-0.4, -0.2) is 24.9 Å². The molecule has 1 N–H and O–H groups in total. The van der Waals surface area contributed by atoms with Gasteiger partial charge in [-0.2, -0.15) is 0 Å². The number of hydrogen-bond donors (Lipinski definition) is 1. The molecule has 94 valence electrons. The van der Waals surface area contributed by atoms with Gasteiger partial charge < -0.3 is 14.6 Å². The number of hydrogen-bond acceptors (Lipinski definition) is 3. The molecule has 1 atom stereocenters. The second-order valence-electron chi connectivity index (χ2n) is 4.66. The summed E-state index contributed by atoms with van der Waals surface area (Å²) in [4.78, 5) is 0. The SMILES string of the molecule is COc1ccc(C(C)CO)cc1OC1CCC1. The molecule has 3 heteroatoms. The summed E-state index contributed by atoms with van der Waals surface area (Å²) in [5.74, 6) is 1.70. The minimum Gasteiger partial charge on any atom is -0.493 e. The van der Waals surface area contributed by atoms with E-state index in [1.54, 1.807) is 7.11 Å². The fraction of sp³-hybridized carbons (Fsp3) is 0.571. The molecule has 3 nitrogen and oxygen atoms in total. The molecular weight excluding hydrogens is 216 g/mol. The Bertz CT molecular complexity index is 372. The van der Waals surface area contributed by atoms with E-state index in [0.29, 0.717) is 6.10 Å². The van der Waals surface area contributed by atoms with Gasteiger partial charge in [0.1, 0.15) is 0 Å². The minimum atomic E-state index is 0.129. The van der Waals surface area contributed by atoms with Crippen molar-refractivity contribution >= 4 is 0 Å². The Kier molecular flexibility index (Phi) is 3.89. The lowest BCUT2D eigenvalue weighted by atomic mass is 9.96. The van der Waals surface area contributed by atoms with E-state index in [-0.39, 0.29) is 12.5 Å². The van der Waals surface area contributed by atoms with Crippen LogP contribution >= 0.6 is 0 Å². The molecule has 0 radical (unpaired) electrons. The molecule has 1 aromatic rings. The molecule has 1 aliphatic rings. The first-order valence-electron chi connectivity index (χ1n) is 6.20. The zero-order valence-corrected chi connectivity index (χ0v) is 10.5. The van der Waals surface area contributed by atoms with Crippen LogP contribution in [0.1, 0.15) is 37.7 Å². The molecule has 0 aromatic heterocycles. The summed E-state index contributed by atoms with van der Waals surface area (Å²) in [6.07, 6.45) is 3.84. The fourth-order valence-corrected chi connectivity index (χ4v) is 1.87. The maximum atomic E-state index is 9.17. The van der Waals surface area contributed by atoms with E-state index >= 15 is 0 Å². The standard InChI is InChI=1S/C14H20O3/c1-10(9-15)11-6-7-13(16-2)14(8-11)17-12-4-3-5-12/h6-8,10,12,15H,3-5,9H2,1-2H3. The van der Waals surface area contributed by atoms with Gasteiger partial charge >= 0.3 is 0 Å². The molecule has 1 fully saturated rings. The molecule has 2 rings (SSSR count). The molecule has 1 unspecified atom stereocenters. The van der Waals surface area contributed by atoms with E-state index < -0.39 is 0 Å². The third-order valence-electron chi connectivity index (χ3n) is 3.38. The van der Waals surface area contributed by atoms with Crippen LogP contribution < -0.4 is 9.47 Å². The lowest BCUT2D eigenvalue weighted by Crippen LogP contribution is -2.24. The summed E-state index contributed by atoms with van der Waals surface area (Å²) in [6, 6.07) is 5.88. The zero-order valence-electron chi connectivity index (χ0n) is 10.5. The molecule has 1 aromatic carbocycles. The lowest BCUT2D eigenvalue weighted by molar-refractivity contribution is 0.116. The minimum absolute atomic E-state index is 0.129. The third-order valence-corrected chi connectivity index (χ3v) is 3.38. The summed E-state index contributed by atoms with van der Waals surface area (Å²) in [5, 5.41) is 9.17. The third kappa shape index (κ3) is 2.72. The van der Waals surface area contributed by atoms with Gasteiger partial charge in [-0.1, -0.05) is 13.0 Å². The van der Waals surface area contributed by atoms with Gasteiger partial charge in [-0.05, 0) is 37.0 Å². The number of benzene rings is 1. The van der Waals surface area contributed by atoms with E-state index in [4.69, 9.17) is 9.47 Å². The smallest absolute Gasteiger partial charge is 0.161 e. The first kappa shape index (κ1) is 12.2. The number of rotatable bonds is 5. The van der Waals surface area contributed by atoms with Gasteiger partial charge in [-0.3, -0.25) is 0 Å². The Morgan fingerprint density at radius 2 is 2.12 bits per heavy atom. The van der Waals surface area contributed by atoms with Crippen LogP contribution in [0.2, 0.25) is 0 Å². The van der Waals surface area contributed by atoms with Gasteiger partial charge in [0.25, 0.3) is 0 Å². The van der Waals surface area contributed by atoms with E-state index in [0.717, 1.165) is 29.9 Å². The Morgan fingerprint density at radius 1 is 1.35 bits per heavy atom. The van der Waals surface area contributed by atoms with Crippen LogP contribution in [0.3, 0.4) is 0 Å². The molecule has 0 saturated heterocycles. The molecule has 0 amide bonds. The second-order valence-corrected chi connectivity index (χ2v) is 4.66. The van der Waals surface area contributed by atoms with Crippen molar-refractivity contribution < 1.29 is 14.6 Å². The van der Waals surface area contributed by atoms with Crippen molar-refractivity contribution in [2.45, 2.75) is 38.2 Å². The average Bonchev–Trinajstić information content (AvgIpc) is 2.32. The maximum Gasteiger partial charge on any atom is 0.161 e. The van der Waals surface area contributed by atoms with Crippen molar-refractivity contribution in [1.82, 2.24) is 0 Å². The van der Waals surface area contributed by atoms with Gasteiger partial charge in [-0.25, -0.2) is 0 Å². The zero-order chi connectivity index (χ0) is 12.3. The predicted octanol–water partition coefficient (Wildman–Crippen LogP) is 2.72. The number of ether oxygens (including phenoxy) is 2. The van der Waals surface area contributed by atoms with Crippen LogP contribution in [0, 0.1) is 0 Å². The van der Waals surface area contributed by atoms with Crippen LogP contribution in [0.25, 0.3) is 0 Å². The summed E-state index contributed by atoms with van der Waals surface area (Å²) in [5.41, 5.74) is 1.09. The summed E-state index contributed by atoms with van der Waals surface area (Å²) in [7, 11) is 1.65. The molecular formula is C14H20O3. The first-order chi connectivity index (χ1) is 8.24. The van der Waals surface area contributed by atoms with Crippen molar-refractivity contribution in [3.05, 3.63) is 23.8 Å². The molecule has 17 heavy (non-hydrogen) atoms. The van der Waals surface area contributed by atoms with Crippen LogP contribution in [0.4, 0.5) is 0 Å². The highest BCUT2D eigenvalue weighted by molar-refractivity contribution is 5.44. The second kappa shape index (κ2) is 5.41. The normalized spacial score (nSPS) is 17.4. The Hall–Kier alpha value is -1.22. The van der Waals surface area contributed by atoms with E-state index in [9.17, 15) is 5.11 Å². The highest BCUT2D eigenvalue weighted by Crippen LogP contribution is 2.34.